The molecule has 0 aromatic carbocycles. The van der Waals surface area contributed by atoms with Crippen LogP contribution in [-0.4, -0.2) is 28.2 Å². The van der Waals surface area contributed by atoms with E-state index in [0.717, 1.165) is 23.5 Å². The lowest BCUT2D eigenvalue weighted by Crippen LogP contribution is -2.31. The van der Waals surface area contributed by atoms with Crippen molar-refractivity contribution >= 4 is 17.2 Å². The summed E-state index contributed by atoms with van der Waals surface area (Å²) in [6.45, 7) is 4.12. The van der Waals surface area contributed by atoms with E-state index < -0.39 is 0 Å². The zero-order chi connectivity index (χ0) is 12.8. The van der Waals surface area contributed by atoms with Gasteiger partial charge in [0, 0.05) is 17.6 Å². The number of nitrogens with zero attached hydrogens (tertiary/aromatic N) is 1. The lowest BCUT2D eigenvalue weighted by atomic mass is 10.2. The summed E-state index contributed by atoms with van der Waals surface area (Å²) in [7, 11) is 0. The minimum Gasteiger partial charge on any atom is -0.393 e. The van der Waals surface area contributed by atoms with Gasteiger partial charge in [0.15, 0.2) is 0 Å². The Labute approximate surface area is 104 Å². The normalized spacial score (nSPS) is 12.4. The number of nitrogens with one attached hydrogen (secondary N) is 1. The van der Waals surface area contributed by atoms with E-state index in [1.54, 1.807) is 19.2 Å². The highest BCUT2D eigenvalue weighted by molar-refractivity contribution is 7.07. The van der Waals surface area contributed by atoms with Gasteiger partial charge in [-0.15, -0.1) is 0 Å². The molecule has 1 aromatic rings. The quantitative estimate of drug-likeness (QED) is 0.730. The molecule has 2 N–H and O–H groups in total. The SMILES string of the molecule is Cc1csc(=O)n1CC(=O)NCCCC(C)O. The van der Waals surface area contributed by atoms with Crippen LogP contribution in [0.4, 0.5) is 0 Å². The third kappa shape index (κ3) is 4.70. The van der Waals surface area contributed by atoms with Crippen LogP contribution in [0.15, 0.2) is 10.2 Å². The fourth-order valence-electron chi connectivity index (χ4n) is 1.42. The van der Waals surface area contributed by atoms with Crippen molar-refractivity contribution in [3.05, 3.63) is 20.7 Å². The second kappa shape index (κ2) is 6.56. The molecule has 1 amide bonds. The molecular weight excluding hydrogens is 240 g/mol. The molecular formula is C11H18N2O3S. The van der Waals surface area contributed by atoms with Crippen LogP contribution >= 0.6 is 11.3 Å². The lowest BCUT2D eigenvalue weighted by molar-refractivity contribution is -0.121. The van der Waals surface area contributed by atoms with Gasteiger partial charge in [0.05, 0.1) is 6.10 Å². The molecule has 0 radical (unpaired) electrons. The summed E-state index contributed by atoms with van der Waals surface area (Å²) in [4.78, 5) is 22.8. The molecule has 17 heavy (non-hydrogen) atoms. The zero-order valence-corrected chi connectivity index (χ0v) is 10.9. The fourth-order valence-corrected chi connectivity index (χ4v) is 2.16. The summed E-state index contributed by atoms with van der Waals surface area (Å²) >= 11 is 1.10. The predicted octanol–water partition coefficient (Wildman–Crippen LogP) is 0.495. The van der Waals surface area contributed by atoms with Gasteiger partial charge in [0.1, 0.15) is 6.54 Å². The molecule has 0 spiro atoms. The maximum absolute atomic E-state index is 11.5. The monoisotopic (exact) mass is 258 g/mol. The Morgan fingerprint density at radius 2 is 2.35 bits per heavy atom. The lowest BCUT2D eigenvalue weighted by Gasteiger charge is -2.07. The summed E-state index contributed by atoms with van der Waals surface area (Å²) in [5.74, 6) is -0.167. The number of aliphatic hydroxyl groups excluding tert-OH is 1. The summed E-state index contributed by atoms with van der Waals surface area (Å²) in [5.41, 5.74) is 0.805. The first-order valence-electron chi connectivity index (χ1n) is 5.60. The van der Waals surface area contributed by atoms with Crippen LogP contribution in [0, 0.1) is 6.92 Å². The smallest absolute Gasteiger partial charge is 0.307 e. The molecule has 6 heteroatoms. The van der Waals surface area contributed by atoms with Crippen LogP contribution in [-0.2, 0) is 11.3 Å². The number of carbonyl (C=O) groups excluding carboxylic acids is 1. The van der Waals surface area contributed by atoms with E-state index in [-0.39, 0.29) is 23.4 Å². The number of thiazole rings is 1. The van der Waals surface area contributed by atoms with E-state index in [2.05, 4.69) is 5.32 Å². The van der Waals surface area contributed by atoms with Gasteiger partial charge >= 0.3 is 4.87 Å². The van der Waals surface area contributed by atoms with E-state index in [9.17, 15) is 9.59 Å². The number of amides is 1. The van der Waals surface area contributed by atoms with Gasteiger partial charge in [0.25, 0.3) is 0 Å². The van der Waals surface area contributed by atoms with Crippen LogP contribution in [0.3, 0.4) is 0 Å². The van der Waals surface area contributed by atoms with Crippen molar-refractivity contribution in [3.63, 3.8) is 0 Å². The van der Waals surface area contributed by atoms with Crippen molar-refractivity contribution < 1.29 is 9.90 Å². The molecule has 1 aromatic heterocycles. The van der Waals surface area contributed by atoms with Gasteiger partial charge < -0.3 is 10.4 Å². The molecule has 0 saturated carbocycles. The Bertz CT molecular complexity index is 423. The second-order valence-electron chi connectivity index (χ2n) is 4.07. The van der Waals surface area contributed by atoms with Crippen LogP contribution in [0.1, 0.15) is 25.5 Å². The Balaban J connectivity index is 2.33. The molecule has 1 rings (SSSR count). The summed E-state index contributed by atoms with van der Waals surface area (Å²) in [6.07, 6.45) is 1.06. The minimum absolute atomic E-state index is 0.0723. The van der Waals surface area contributed by atoms with Crippen molar-refractivity contribution in [2.45, 2.75) is 39.3 Å². The number of rotatable bonds is 6. The molecule has 0 aliphatic heterocycles. The Hall–Kier alpha value is -1.14. The van der Waals surface area contributed by atoms with Crippen molar-refractivity contribution in [2.75, 3.05) is 6.54 Å². The Morgan fingerprint density at radius 3 is 2.88 bits per heavy atom. The van der Waals surface area contributed by atoms with Gasteiger partial charge in [-0.1, -0.05) is 11.3 Å². The largest absolute Gasteiger partial charge is 0.393 e. The van der Waals surface area contributed by atoms with E-state index in [4.69, 9.17) is 5.11 Å². The summed E-state index contributed by atoms with van der Waals surface area (Å²) in [5, 5.41) is 13.5. The van der Waals surface area contributed by atoms with Gasteiger partial charge in [0.2, 0.25) is 5.91 Å². The molecule has 0 aliphatic carbocycles. The molecule has 0 saturated heterocycles. The molecule has 0 aliphatic rings. The molecule has 0 bridgehead atoms. The standard InChI is InChI=1S/C11H18N2O3S/c1-8-7-17-11(16)13(8)6-10(15)12-5-3-4-9(2)14/h7,9,14H,3-6H2,1-2H3,(H,12,15). The third-order valence-corrected chi connectivity index (χ3v) is 3.28. The number of carbonyl (C=O) groups is 1. The van der Waals surface area contributed by atoms with Crippen LogP contribution < -0.4 is 10.2 Å². The highest BCUT2D eigenvalue weighted by atomic mass is 32.1. The average molecular weight is 258 g/mol. The minimum atomic E-state index is -0.339. The first-order chi connectivity index (χ1) is 8.00. The first kappa shape index (κ1) is 13.9. The van der Waals surface area contributed by atoms with E-state index in [1.807, 2.05) is 0 Å². The van der Waals surface area contributed by atoms with Crippen molar-refractivity contribution in [1.82, 2.24) is 9.88 Å². The predicted molar refractivity (Wildman–Crippen MR) is 67.2 cm³/mol. The highest BCUT2D eigenvalue weighted by Crippen LogP contribution is 1.99. The Kier molecular flexibility index (Phi) is 5.37. The number of hydrogen-bond acceptors (Lipinski definition) is 4. The molecule has 5 nitrogen and oxygen atoms in total. The summed E-state index contributed by atoms with van der Waals surface area (Å²) in [6, 6.07) is 0. The molecule has 1 unspecified atom stereocenters. The number of aryl methyl sites for hydroxylation is 1. The van der Waals surface area contributed by atoms with Crippen molar-refractivity contribution in [3.8, 4) is 0 Å². The molecule has 0 fully saturated rings. The third-order valence-electron chi connectivity index (χ3n) is 2.40. The maximum atomic E-state index is 11.5. The average Bonchev–Trinajstić information content (AvgIpc) is 2.56. The van der Waals surface area contributed by atoms with Gasteiger partial charge in [-0.25, -0.2) is 0 Å². The molecule has 1 atom stereocenters. The van der Waals surface area contributed by atoms with Gasteiger partial charge in [-0.3, -0.25) is 14.2 Å². The zero-order valence-electron chi connectivity index (χ0n) is 10.1. The molecule has 96 valence electrons. The fraction of sp³-hybridized carbons (Fsp3) is 0.636. The first-order valence-corrected chi connectivity index (χ1v) is 6.48. The summed E-state index contributed by atoms with van der Waals surface area (Å²) < 4.78 is 1.45. The van der Waals surface area contributed by atoms with E-state index >= 15 is 0 Å². The molecule has 1 heterocycles. The van der Waals surface area contributed by atoms with Crippen LogP contribution in [0.25, 0.3) is 0 Å². The van der Waals surface area contributed by atoms with E-state index in [0.29, 0.717) is 13.0 Å². The maximum Gasteiger partial charge on any atom is 0.307 e. The number of aromatic nitrogens is 1. The highest BCUT2D eigenvalue weighted by Gasteiger charge is 2.07. The number of aliphatic hydroxyl groups is 1. The van der Waals surface area contributed by atoms with Gasteiger partial charge in [-0.2, -0.15) is 0 Å². The van der Waals surface area contributed by atoms with Gasteiger partial charge in [-0.05, 0) is 26.7 Å². The van der Waals surface area contributed by atoms with E-state index in [1.165, 1.54) is 4.57 Å². The Morgan fingerprint density at radius 1 is 1.65 bits per heavy atom. The second-order valence-corrected chi connectivity index (χ2v) is 4.89. The van der Waals surface area contributed by atoms with Crippen LogP contribution in [0.5, 0.6) is 0 Å². The van der Waals surface area contributed by atoms with Crippen molar-refractivity contribution in [1.29, 1.82) is 0 Å². The van der Waals surface area contributed by atoms with Crippen LogP contribution in [0.2, 0.25) is 0 Å². The van der Waals surface area contributed by atoms with Crippen molar-refractivity contribution in [2.24, 2.45) is 0 Å². The topological polar surface area (TPSA) is 71.3 Å². The number of hydrogen-bond donors (Lipinski definition) is 2.